The summed E-state index contributed by atoms with van der Waals surface area (Å²) in [5.74, 6) is 1.74. The summed E-state index contributed by atoms with van der Waals surface area (Å²) >= 11 is 0. The van der Waals surface area contributed by atoms with Gasteiger partial charge in [0.2, 0.25) is 0 Å². The summed E-state index contributed by atoms with van der Waals surface area (Å²) in [4.78, 5) is 0. The molecule has 4 unspecified atom stereocenters. The molecule has 2 heteroatoms. The Morgan fingerprint density at radius 1 is 1.14 bits per heavy atom. The molecule has 0 aliphatic heterocycles. The third-order valence-electron chi connectivity index (χ3n) is 6.61. The summed E-state index contributed by atoms with van der Waals surface area (Å²) in [6, 6.07) is 16.8. The molecule has 0 aromatic heterocycles. The molecule has 2 aliphatic carbocycles. The van der Waals surface area contributed by atoms with Crippen molar-refractivity contribution < 1.29 is 17.1 Å². The third kappa shape index (κ3) is 2.77. The first-order chi connectivity index (χ1) is 9.97. The van der Waals surface area contributed by atoms with E-state index in [4.69, 9.17) is 0 Å². The van der Waals surface area contributed by atoms with Crippen LogP contribution < -0.4 is 5.30 Å². The van der Waals surface area contributed by atoms with Gasteiger partial charge in [0.05, 0.1) is 0 Å². The molecule has 4 atom stereocenters. The predicted molar refractivity (Wildman–Crippen MR) is 95.4 cm³/mol. The zero-order valence-electron chi connectivity index (χ0n) is 13.8. The molecule has 0 amide bonds. The summed E-state index contributed by atoms with van der Waals surface area (Å²) in [5, 5.41) is 1.43. The fourth-order valence-electron chi connectivity index (χ4n) is 4.76. The van der Waals surface area contributed by atoms with Crippen molar-refractivity contribution in [3.8, 4) is 0 Å². The topological polar surface area (TPSA) is 0 Å². The molecule has 2 saturated carbocycles. The van der Waals surface area contributed by atoms with Crippen LogP contribution in [0.25, 0.3) is 0 Å². The Balaban J connectivity index is 0.000000253. The Kier molecular flexibility index (Phi) is 5.43. The first-order valence-corrected chi connectivity index (χ1v) is 8.72. The molecule has 0 radical (unpaired) electrons. The quantitative estimate of drug-likeness (QED) is 0.373. The van der Waals surface area contributed by atoms with Gasteiger partial charge >= 0.3 is 0 Å². The monoisotopic (exact) mass is 354 g/mol. The molecule has 0 heterocycles. The van der Waals surface area contributed by atoms with Crippen LogP contribution in [-0.4, -0.2) is 0 Å². The summed E-state index contributed by atoms with van der Waals surface area (Å²) in [6.45, 7) is 7.52. The molecule has 0 nitrogen and oxygen atoms in total. The van der Waals surface area contributed by atoms with Crippen molar-refractivity contribution in [2.24, 2.45) is 16.7 Å². The molecule has 2 fully saturated rings. The van der Waals surface area contributed by atoms with Crippen molar-refractivity contribution in [2.45, 2.75) is 46.0 Å². The van der Waals surface area contributed by atoms with Crippen LogP contribution in [0, 0.1) is 16.7 Å². The minimum Gasteiger partial charge on any atom is -0.748 e. The van der Waals surface area contributed by atoms with Crippen molar-refractivity contribution in [1.29, 1.82) is 0 Å². The fraction of sp³-hybridized carbons (Fsp3) is 0.500. The maximum atomic E-state index is 2.91. The minimum absolute atomic E-state index is 0. The van der Waals surface area contributed by atoms with Gasteiger partial charge in [-0.2, -0.15) is 6.07 Å². The zero-order valence-corrected chi connectivity index (χ0v) is 16.1. The van der Waals surface area contributed by atoms with Gasteiger partial charge in [-0.3, -0.25) is 0 Å². The molecule has 126 valence electrons. The second-order valence-corrected chi connectivity index (χ2v) is 8.18. The first-order valence-electron chi connectivity index (χ1n) is 8.14. The maximum absolute atomic E-state index is 2.91. The average molecular weight is 354 g/mol. The van der Waals surface area contributed by atoms with Crippen LogP contribution in [0.1, 0.15) is 51.5 Å². The van der Waals surface area contributed by atoms with Crippen molar-refractivity contribution in [2.75, 3.05) is 0 Å². The Bertz CT molecular complexity index is 563. The van der Waals surface area contributed by atoms with E-state index in [-0.39, 0.29) is 17.1 Å². The normalized spacial score (nSPS) is 31.3. The van der Waals surface area contributed by atoms with Crippen molar-refractivity contribution in [3.63, 3.8) is 0 Å². The van der Waals surface area contributed by atoms with Gasteiger partial charge in [-0.05, 0) is 29.6 Å². The minimum atomic E-state index is 0. The molecule has 0 N–H and O–H groups in total. The molecular weight excluding hydrogens is 327 g/mol. The van der Waals surface area contributed by atoms with Crippen molar-refractivity contribution in [1.82, 2.24) is 0 Å². The van der Waals surface area contributed by atoms with Crippen LogP contribution in [0.3, 0.4) is 0 Å². The van der Waals surface area contributed by atoms with Crippen LogP contribution in [0.15, 0.2) is 48.5 Å². The summed E-state index contributed by atoms with van der Waals surface area (Å²) < 4.78 is 0. The third-order valence-corrected chi connectivity index (χ3v) is 7.14. The number of hydrogen-bond acceptors (Lipinski definition) is 0. The zero-order chi connectivity index (χ0) is 15.1. The Morgan fingerprint density at radius 2 is 1.73 bits per heavy atom. The van der Waals surface area contributed by atoms with E-state index in [0.717, 1.165) is 11.8 Å². The van der Waals surface area contributed by atoms with Gasteiger partial charge in [0.15, 0.2) is 0 Å². The SMILES string of the molecule is CC1(C)C2CCC1(C)C([c-]1cccc1P)C2.[Fe].[cH-]1[cH-][cH-][cH-][cH-]1. The largest absolute Gasteiger partial charge is 0.748 e. The summed E-state index contributed by atoms with van der Waals surface area (Å²) in [5.41, 5.74) is 2.66. The van der Waals surface area contributed by atoms with E-state index < -0.39 is 0 Å². The number of fused-ring (bicyclic) bond motifs is 2. The van der Waals surface area contributed by atoms with Crippen LogP contribution in [0.2, 0.25) is 0 Å². The number of rotatable bonds is 1. The molecule has 2 aliphatic rings. The van der Waals surface area contributed by atoms with Crippen LogP contribution >= 0.6 is 9.24 Å². The molecule has 0 saturated heterocycles. The van der Waals surface area contributed by atoms with Gasteiger partial charge in [0.25, 0.3) is 0 Å². The van der Waals surface area contributed by atoms with Crippen LogP contribution in [-0.2, 0) is 17.1 Å². The van der Waals surface area contributed by atoms with Gasteiger partial charge in [-0.15, -0.1) is 20.1 Å². The van der Waals surface area contributed by atoms with Gasteiger partial charge in [-0.25, -0.2) is 12.1 Å². The van der Waals surface area contributed by atoms with Gasteiger partial charge < -0.3 is 30.3 Å². The molecular formula is C20H27FeP-6. The average Bonchev–Trinajstić information content (AvgIpc) is 3.18. The molecule has 22 heavy (non-hydrogen) atoms. The Labute approximate surface area is 148 Å². The first kappa shape index (κ1) is 18.0. The van der Waals surface area contributed by atoms with E-state index in [1.807, 2.05) is 30.3 Å². The van der Waals surface area contributed by atoms with E-state index >= 15 is 0 Å². The van der Waals surface area contributed by atoms with Crippen molar-refractivity contribution in [3.05, 3.63) is 54.1 Å². The van der Waals surface area contributed by atoms with Crippen LogP contribution in [0.4, 0.5) is 0 Å². The second kappa shape index (κ2) is 6.64. The summed E-state index contributed by atoms with van der Waals surface area (Å²) in [7, 11) is 2.91. The Morgan fingerprint density at radius 3 is 2.09 bits per heavy atom. The molecule has 0 spiro atoms. The second-order valence-electron chi connectivity index (χ2n) is 7.56. The predicted octanol–water partition coefficient (Wildman–Crippen LogP) is 5.24. The maximum Gasteiger partial charge on any atom is 0 e. The molecule has 2 bridgehead atoms. The molecule has 4 rings (SSSR count). The standard InChI is InChI=1S/C15H22P.C5H5.Fe/c1-14(2)10-7-8-15(14,3)12(9-10)11-5-4-6-13(11)16;1-2-4-5-3-1;/h4-6,10,12H,7-9,16H2,1-3H3;1-5H;/q-1;-5;. The van der Waals surface area contributed by atoms with E-state index in [9.17, 15) is 0 Å². The van der Waals surface area contributed by atoms with E-state index in [0.29, 0.717) is 10.8 Å². The smallest absolute Gasteiger partial charge is 0 e. The van der Waals surface area contributed by atoms with Crippen LogP contribution in [0.5, 0.6) is 0 Å². The Hall–Kier alpha value is -0.351. The van der Waals surface area contributed by atoms with E-state index in [1.54, 1.807) is 5.56 Å². The summed E-state index contributed by atoms with van der Waals surface area (Å²) in [6.07, 6.45) is 4.28. The van der Waals surface area contributed by atoms with Gasteiger partial charge in [0.1, 0.15) is 0 Å². The number of hydrogen-bond donors (Lipinski definition) is 0. The van der Waals surface area contributed by atoms with Gasteiger partial charge in [-0.1, -0.05) is 33.1 Å². The fourth-order valence-corrected chi connectivity index (χ4v) is 5.17. The van der Waals surface area contributed by atoms with Crippen molar-refractivity contribution >= 4 is 14.5 Å². The molecule has 2 aromatic carbocycles. The molecule has 2 aromatic rings. The van der Waals surface area contributed by atoms with Gasteiger partial charge in [0, 0.05) is 17.1 Å². The van der Waals surface area contributed by atoms with E-state index in [1.165, 1.54) is 24.6 Å². The van der Waals surface area contributed by atoms with E-state index in [2.05, 4.69) is 48.2 Å².